The van der Waals surface area contributed by atoms with Crippen LogP contribution in [0.1, 0.15) is 62.1 Å². The maximum absolute atomic E-state index is 14.1. The summed E-state index contributed by atoms with van der Waals surface area (Å²) < 4.78 is 0. The molecular weight excluding hydrogens is 628 g/mol. The predicted molar refractivity (Wildman–Crippen MR) is 179 cm³/mol. The molecule has 0 bridgehead atoms. The van der Waals surface area contributed by atoms with Crippen molar-refractivity contribution in [2.75, 3.05) is 0 Å². The van der Waals surface area contributed by atoms with Crippen molar-refractivity contribution in [1.82, 2.24) is 10.4 Å². The molecule has 0 fully saturated rings. The minimum Gasteiger partial charge on any atom is -0.478 e. The molecule has 0 saturated heterocycles. The van der Waals surface area contributed by atoms with E-state index in [4.69, 9.17) is 0 Å². The van der Waals surface area contributed by atoms with Gasteiger partial charge in [-0.15, -0.1) is 0 Å². The van der Waals surface area contributed by atoms with Gasteiger partial charge < -0.3 is 15.3 Å². The molecule has 0 aromatic heterocycles. The summed E-state index contributed by atoms with van der Waals surface area (Å²) >= 11 is 0. The van der Waals surface area contributed by atoms with E-state index in [1.165, 1.54) is 66.7 Å². The maximum Gasteiger partial charge on any atom is 0.336 e. The van der Waals surface area contributed by atoms with Crippen LogP contribution in [0.15, 0.2) is 109 Å². The average molecular weight is 651 g/mol. The Morgan fingerprint density at radius 2 is 0.735 bits per heavy atom. The zero-order valence-corrected chi connectivity index (χ0v) is 25.1. The van der Waals surface area contributed by atoms with Crippen LogP contribution < -0.4 is 5.43 Å². The largest absolute Gasteiger partial charge is 0.478 e. The zero-order valence-electron chi connectivity index (χ0n) is 25.1. The van der Waals surface area contributed by atoms with Gasteiger partial charge in [-0.3, -0.25) is 19.8 Å². The number of hydrogen-bond acceptors (Lipinski definition) is 6. The number of nitrogens with one attached hydrogen (secondary N) is 1. The number of hydrogen-bond donors (Lipinski definition) is 4. The van der Waals surface area contributed by atoms with Crippen LogP contribution in [0.25, 0.3) is 43.1 Å². The summed E-state index contributed by atoms with van der Waals surface area (Å²) in [6.45, 7) is 0. The van der Waals surface area contributed by atoms with E-state index in [0.717, 1.165) is 0 Å². The molecule has 7 aromatic rings. The van der Waals surface area contributed by atoms with Crippen molar-refractivity contribution in [3.8, 4) is 0 Å². The third kappa shape index (κ3) is 4.84. The standard InChI is InChI=1S/C38H22N2O9/c41-33(39-40(34(42)19-7-3-1-4-8-19)35(43)20-9-5-2-6-10-20)25-15-11-21-23-13-17-27(37(46)47)32-28(38(48)49)18-14-24(30(23)32)22-12-16-26(36(44)45)31(25)29(21)22/h1-18H,(H,39,41)(H,44,45)(H,46,47)(H,48,49). The van der Waals surface area contributed by atoms with Gasteiger partial charge in [0.2, 0.25) is 0 Å². The number of carboxylic acids is 3. The lowest BCUT2D eigenvalue weighted by molar-refractivity contribution is 0.0483. The lowest BCUT2D eigenvalue weighted by Gasteiger charge is -2.23. The van der Waals surface area contributed by atoms with Crippen molar-refractivity contribution in [2.24, 2.45) is 0 Å². The molecule has 0 saturated carbocycles. The third-order valence-corrected chi connectivity index (χ3v) is 8.50. The van der Waals surface area contributed by atoms with E-state index in [9.17, 15) is 44.1 Å². The molecule has 238 valence electrons. The van der Waals surface area contributed by atoms with Gasteiger partial charge in [-0.05, 0) is 80.8 Å². The number of amides is 3. The highest BCUT2D eigenvalue weighted by molar-refractivity contribution is 6.38. The molecule has 0 unspecified atom stereocenters. The summed E-state index contributed by atoms with van der Waals surface area (Å²) in [6, 6.07) is 27.0. The van der Waals surface area contributed by atoms with Crippen molar-refractivity contribution in [3.63, 3.8) is 0 Å². The Morgan fingerprint density at radius 1 is 0.408 bits per heavy atom. The van der Waals surface area contributed by atoms with Crippen molar-refractivity contribution < 1.29 is 44.1 Å². The van der Waals surface area contributed by atoms with E-state index in [1.54, 1.807) is 42.5 Å². The number of carboxylic acid groups (broad SMARTS) is 3. The molecule has 4 N–H and O–H groups in total. The second-order valence-corrected chi connectivity index (χ2v) is 11.2. The van der Waals surface area contributed by atoms with Crippen LogP contribution in [-0.2, 0) is 0 Å². The van der Waals surface area contributed by atoms with Gasteiger partial charge in [-0.1, -0.05) is 60.7 Å². The fourth-order valence-electron chi connectivity index (χ4n) is 6.39. The highest BCUT2D eigenvalue weighted by Gasteiger charge is 2.30. The summed E-state index contributed by atoms with van der Waals surface area (Å²) in [4.78, 5) is 78.4. The topological polar surface area (TPSA) is 178 Å². The first-order valence-electron chi connectivity index (χ1n) is 14.8. The van der Waals surface area contributed by atoms with Gasteiger partial charge in [0.05, 0.1) is 16.7 Å². The molecule has 3 amide bonds. The molecule has 0 radical (unpaired) electrons. The second-order valence-electron chi connectivity index (χ2n) is 11.2. The smallest absolute Gasteiger partial charge is 0.336 e. The van der Waals surface area contributed by atoms with Crippen molar-refractivity contribution >= 4 is 78.7 Å². The molecule has 0 aliphatic carbocycles. The summed E-state index contributed by atoms with van der Waals surface area (Å²) in [5.74, 6) is -6.60. The van der Waals surface area contributed by atoms with Gasteiger partial charge in [0, 0.05) is 27.5 Å². The first-order chi connectivity index (χ1) is 23.6. The minimum absolute atomic E-state index is 0.00249. The summed E-state index contributed by atoms with van der Waals surface area (Å²) in [6.07, 6.45) is 0. The van der Waals surface area contributed by atoms with Gasteiger partial charge in [-0.2, -0.15) is 5.01 Å². The van der Waals surface area contributed by atoms with Crippen LogP contribution in [0.2, 0.25) is 0 Å². The molecule has 0 aliphatic rings. The summed E-state index contributed by atoms with van der Waals surface area (Å²) in [5.41, 5.74) is 1.79. The van der Waals surface area contributed by atoms with Crippen molar-refractivity contribution in [2.45, 2.75) is 0 Å². The quantitative estimate of drug-likeness (QED) is 0.0680. The molecule has 11 heteroatoms. The number of hydrazine groups is 1. The van der Waals surface area contributed by atoms with Crippen molar-refractivity contribution in [1.29, 1.82) is 0 Å². The SMILES string of the molecule is O=C(O)c1ccc2c3ccc(C(=O)O)c4c(C(=O)NN(C(=O)c5ccccc5)C(=O)c5ccccc5)ccc(c5ccc(C(=O)O)c1c25)c43. The molecule has 11 nitrogen and oxygen atoms in total. The molecular formula is C38H22N2O9. The Bertz CT molecular complexity index is 2440. The van der Waals surface area contributed by atoms with Gasteiger partial charge in [0.1, 0.15) is 0 Å². The van der Waals surface area contributed by atoms with E-state index in [-0.39, 0.29) is 44.2 Å². The molecule has 0 spiro atoms. The number of aromatic carboxylic acids is 3. The van der Waals surface area contributed by atoms with Gasteiger partial charge in [0.25, 0.3) is 17.7 Å². The first-order valence-corrected chi connectivity index (χ1v) is 14.8. The number of nitrogens with zero attached hydrogens (tertiary/aromatic N) is 1. The van der Waals surface area contributed by atoms with Gasteiger partial charge in [-0.25, -0.2) is 14.4 Å². The van der Waals surface area contributed by atoms with Crippen LogP contribution in [0, 0.1) is 0 Å². The minimum atomic E-state index is -1.35. The third-order valence-electron chi connectivity index (χ3n) is 8.50. The molecule has 0 atom stereocenters. The van der Waals surface area contributed by atoms with Gasteiger partial charge in [0.15, 0.2) is 0 Å². The van der Waals surface area contributed by atoms with E-state index >= 15 is 0 Å². The Labute approximate surface area is 275 Å². The van der Waals surface area contributed by atoms with Gasteiger partial charge >= 0.3 is 17.9 Å². The summed E-state index contributed by atoms with van der Waals surface area (Å²) in [5, 5.41) is 33.2. The first kappa shape index (κ1) is 30.5. The predicted octanol–water partition coefficient (Wildman–Crippen LogP) is 6.46. The normalized spacial score (nSPS) is 11.2. The van der Waals surface area contributed by atoms with E-state index in [0.29, 0.717) is 37.3 Å². The zero-order chi connectivity index (χ0) is 34.6. The van der Waals surface area contributed by atoms with E-state index in [2.05, 4.69) is 5.43 Å². The number of carbonyl (C=O) groups is 6. The Balaban J connectivity index is 1.48. The molecule has 7 rings (SSSR count). The number of fused-ring (bicyclic) bond motifs is 2. The van der Waals surface area contributed by atoms with Crippen LogP contribution in [0.3, 0.4) is 0 Å². The van der Waals surface area contributed by atoms with Crippen LogP contribution >= 0.6 is 0 Å². The number of imide groups is 1. The number of carbonyl (C=O) groups excluding carboxylic acids is 3. The average Bonchev–Trinajstić information content (AvgIpc) is 3.11. The molecule has 0 aliphatic heterocycles. The number of rotatable bonds is 6. The molecule has 0 heterocycles. The van der Waals surface area contributed by atoms with Crippen molar-refractivity contribution in [3.05, 3.63) is 143 Å². The maximum atomic E-state index is 14.1. The fourth-order valence-corrected chi connectivity index (χ4v) is 6.39. The van der Waals surface area contributed by atoms with Crippen LogP contribution in [-0.4, -0.2) is 56.0 Å². The highest BCUT2D eigenvalue weighted by atomic mass is 16.4. The monoisotopic (exact) mass is 650 g/mol. The molecule has 7 aromatic carbocycles. The lowest BCUT2D eigenvalue weighted by atomic mass is 9.84. The Kier molecular flexibility index (Phi) is 7.21. The van der Waals surface area contributed by atoms with Crippen LogP contribution in [0.4, 0.5) is 0 Å². The lowest BCUT2D eigenvalue weighted by Crippen LogP contribution is -2.50. The second kappa shape index (κ2) is 11.6. The van der Waals surface area contributed by atoms with E-state index < -0.39 is 35.6 Å². The summed E-state index contributed by atoms with van der Waals surface area (Å²) in [7, 11) is 0. The highest BCUT2D eigenvalue weighted by Crippen LogP contribution is 2.44. The Hall–Kier alpha value is -7.14. The fraction of sp³-hybridized carbons (Fsp3) is 0. The van der Waals surface area contributed by atoms with E-state index in [1.807, 2.05) is 0 Å². The number of benzene rings is 7. The molecule has 49 heavy (non-hydrogen) atoms. The van der Waals surface area contributed by atoms with Crippen LogP contribution in [0.5, 0.6) is 0 Å². The Morgan fingerprint density at radius 3 is 1.08 bits per heavy atom.